The van der Waals surface area contributed by atoms with E-state index < -0.39 is 76.8 Å². The van der Waals surface area contributed by atoms with Gasteiger partial charge < -0.3 is 66.9 Å². The molecular formula is C70H88BClN6NaO19. The van der Waals surface area contributed by atoms with E-state index >= 15 is 0 Å². The minimum Gasteiger partial charge on any atom is -0.793 e. The first-order chi connectivity index (χ1) is 45.9. The summed E-state index contributed by atoms with van der Waals surface area (Å²) in [5.74, 6) is 7.31. The number of nitrogens with one attached hydrogen (secondary N) is 3. The summed E-state index contributed by atoms with van der Waals surface area (Å²) in [4.78, 5) is 131. The number of aldehydes is 1. The van der Waals surface area contributed by atoms with Gasteiger partial charge in [-0.05, 0) is 131 Å². The normalized spacial score (nSPS) is 16.4. The molecule has 28 heteroatoms. The smallest absolute Gasteiger partial charge is 0.793 e. The molecule has 3 N–H and O–H groups in total. The van der Waals surface area contributed by atoms with E-state index in [1.807, 2.05) is 12.1 Å². The molecule has 2 unspecified atom stereocenters. The van der Waals surface area contributed by atoms with E-state index in [0.717, 1.165) is 105 Å². The summed E-state index contributed by atoms with van der Waals surface area (Å²) in [5.41, 5.74) is 1.98. The van der Waals surface area contributed by atoms with Crippen molar-refractivity contribution in [1.82, 2.24) is 30.7 Å². The summed E-state index contributed by atoms with van der Waals surface area (Å²) < 4.78 is 36.1. The molecule has 4 aromatic carbocycles. The number of hydrogen-bond donors (Lipinski definition) is 3. The summed E-state index contributed by atoms with van der Waals surface area (Å²) in [6.45, 7) is 11.7. The van der Waals surface area contributed by atoms with Gasteiger partial charge in [0.15, 0.2) is 35.2 Å². The number of rotatable bonds is 19. The topological polar surface area (TPSA) is 300 Å². The largest absolute Gasteiger partial charge is 1.00 e. The maximum Gasteiger partial charge on any atom is 1.00 e. The second kappa shape index (κ2) is 45.1. The third-order valence-electron chi connectivity index (χ3n) is 15.6. The van der Waals surface area contributed by atoms with E-state index in [0.29, 0.717) is 60.5 Å². The predicted molar refractivity (Wildman–Crippen MR) is 359 cm³/mol. The Balaban J connectivity index is 0.000000518. The number of hydrogen-bond acceptors (Lipinski definition) is 21. The summed E-state index contributed by atoms with van der Waals surface area (Å²) in [6, 6.07) is 28.4. The summed E-state index contributed by atoms with van der Waals surface area (Å²) in [6.07, 6.45) is 5.79. The van der Waals surface area contributed by atoms with Gasteiger partial charge >= 0.3 is 41.5 Å². The molecule has 4 heterocycles. The first-order valence-electron chi connectivity index (χ1n) is 31.0. The van der Waals surface area contributed by atoms with Crippen LogP contribution in [0.2, 0.25) is 0 Å². The number of likely N-dealkylation sites (tertiary alicyclic amines) is 1. The SMILES string of the molecule is CC(=O)OOC(C)=O.CNC(=O)[C@@](C)(C(=O)COC1CCCCO1)N(C)C(=O)c1ccc(C#Cc2ccc(C=O)cc2)cc1.CNC(=O)[C@@](C)(C(=O)COC1CCCCO1)N(C)C(=O)c1ccc(C#Cc2ccc(CN3CC(OC)C3)cc2)cc1.COC1CNC1.Cl.[B-]OC(C)=O.[Na+]. The maximum absolute atomic E-state index is 13.4. The first kappa shape index (κ1) is 86.4. The van der Waals surface area contributed by atoms with Crippen LogP contribution < -0.4 is 45.5 Å². The van der Waals surface area contributed by atoms with Gasteiger partial charge in [-0.2, -0.15) is 0 Å². The van der Waals surface area contributed by atoms with Crippen molar-refractivity contribution >= 4 is 79.8 Å². The van der Waals surface area contributed by atoms with E-state index in [1.165, 1.54) is 54.5 Å². The molecule has 0 bridgehead atoms. The number of amides is 4. The van der Waals surface area contributed by atoms with E-state index in [-0.39, 0.29) is 55.2 Å². The van der Waals surface area contributed by atoms with Gasteiger partial charge in [0.1, 0.15) is 19.5 Å². The second-order valence-electron chi connectivity index (χ2n) is 22.5. The van der Waals surface area contributed by atoms with Crippen molar-refractivity contribution < 1.29 is 120 Å². The Morgan fingerprint density at radius 3 is 1.22 bits per heavy atom. The number of nitrogens with zero attached hydrogens (tertiary/aromatic N) is 3. The van der Waals surface area contributed by atoms with E-state index in [1.54, 1.807) is 87.0 Å². The van der Waals surface area contributed by atoms with Gasteiger partial charge in [0.05, 0.1) is 12.2 Å². The molecule has 4 amide bonds. The fraction of sp³-hybridized carbons (Fsp3) is 0.457. The van der Waals surface area contributed by atoms with Gasteiger partial charge in [0, 0.05) is 148 Å². The number of Topliss-reactive ketones (excluding diaryl/α,β-unsaturated/α-hetero) is 2. The van der Waals surface area contributed by atoms with Crippen LogP contribution in [0.4, 0.5) is 0 Å². The van der Waals surface area contributed by atoms with Gasteiger partial charge in [-0.15, -0.1) is 12.4 Å². The number of ether oxygens (including phenoxy) is 6. The predicted octanol–water partition coefficient (Wildman–Crippen LogP) is 1.88. The Hall–Kier alpha value is -7.67. The number of ketones is 2. The molecule has 4 saturated heterocycles. The van der Waals surface area contributed by atoms with Crippen molar-refractivity contribution in [2.24, 2.45) is 0 Å². The number of carbonyl (C=O) groups is 10. The molecule has 0 aliphatic carbocycles. The molecule has 8 rings (SSSR count). The zero-order valence-corrected chi connectivity index (χ0v) is 60.6. The van der Waals surface area contributed by atoms with Gasteiger partial charge in [0.2, 0.25) is 5.97 Å². The molecule has 98 heavy (non-hydrogen) atoms. The third-order valence-corrected chi connectivity index (χ3v) is 15.6. The van der Waals surface area contributed by atoms with E-state index in [2.05, 4.69) is 79.1 Å². The van der Waals surface area contributed by atoms with Crippen LogP contribution in [0.1, 0.15) is 132 Å². The average molecular weight is 1390 g/mol. The Labute approximate surface area is 603 Å². The van der Waals surface area contributed by atoms with Crippen LogP contribution in [0.25, 0.3) is 0 Å². The second-order valence-corrected chi connectivity index (χ2v) is 22.5. The fourth-order valence-electron chi connectivity index (χ4n) is 9.14. The van der Waals surface area contributed by atoms with Crippen molar-refractivity contribution in [3.63, 3.8) is 0 Å². The zero-order chi connectivity index (χ0) is 70.8. The van der Waals surface area contributed by atoms with E-state index in [9.17, 15) is 47.9 Å². The van der Waals surface area contributed by atoms with Gasteiger partial charge in [0.25, 0.3) is 23.6 Å². The van der Waals surface area contributed by atoms with E-state index in [4.69, 9.17) is 28.4 Å². The number of likely N-dealkylation sites (N-methyl/N-ethyl adjacent to an activating group) is 4. The molecule has 4 fully saturated rings. The van der Waals surface area contributed by atoms with Crippen LogP contribution in [0, 0.1) is 23.7 Å². The van der Waals surface area contributed by atoms with Crippen molar-refractivity contribution in [2.45, 2.75) is 116 Å². The molecule has 0 aromatic heterocycles. The average Bonchev–Trinajstić information content (AvgIpc) is 0.791. The van der Waals surface area contributed by atoms with Crippen molar-refractivity contribution in [2.75, 3.05) is 95.0 Å². The van der Waals surface area contributed by atoms with Crippen LogP contribution in [0.3, 0.4) is 0 Å². The minimum absolute atomic E-state index is 0. The monoisotopic (exact) mass is 1390 g/mol. The number of benzene rings is 4. The molecular weight excluding hydrogens is 1300 g/mol. The standard InChI is InChI=1S/C32H39N3O6.C28H30N2O6.C4H9NO.C4H6O4.C2H3BO2.ClH.Na/c1-32(31(38)33-2,28(36)22-41-29-7-5-6-18-40-29)34(3)30(37)26-16-14-24(15-17-26)9-8-23-10-12-25(13-11-23)19-35-20-27(21-35)39-4;1-28(27(34)29-2,24(32)19-36-25-6-4-5-17-35-25)30(3)26(33)23-15-13-21(14-16-23)8-7-20-9-11-22(18-31)12-10-20;1-6-4-2-5-3-4;1-3(5)7-8-4(2)6;1-2(4)5-3;;/h10-17,27,29H,5-7,18-22H2,1-4H3,(H,33,38);9-16,18,25H,4-6,17,19H2,1-3H3,(H,29,34);4-5H,2-3H2,1H3;1-2H3;1H3;1H;/q;;;;-1;;+1/t29?,32-;25?,28-;;;;;/m11...../s1. The molecule has 4 aromatic rings. The number of methoxy groups -OCH3 is 2. The molecule has 3 radical (unpaired) electrons. The van der Waals surface area contributed by atoms with Gasteiger partial charge in [-0.3, -0.25) is 43.3 Å². The zero-order valence-electron chi connectivity index (χ0n) is 57.8. The third kappa shape index (κ3) is 27.9. The van der Waals surface area contributed by atoms with Crippen LogP contribution in [0.15, 0.2) is 97.1 Å². The van der Waals surface area contributed by atoms with Crippen LogP contribution in [-0.2, 0) is 83.0 Å². The summed E-state index contributed by atoms with van der Waals surface area (Å²) in [7, 11) is 13.5. The van der Waals surface area contributed by atoms with Crippen molar-refractivity contribution in [1.29, 1.82) is 0 Å². The van der Waals surface area contributed by atoms with Crippen LogP contribution in [-0.4, -0.2) is 213 Å². The molecule has 4 aliphatic rings. The van der Waals surface area contributed by atoms with Gasteiger partial charge in [-0.1, -0.05) is 47.9 Å². The van der Waals surface area contributed by atoms with Crippen molar-refractivity contribution in [3.05, 3.63) is 142 Å². The molecule has 0 saturated carbocycles. The van der Waals surface area contributed by atoms with Crippen LogP contribution >= 0.6 is 12.4 Å². The minimum atomic E-state index is -1.77. The van der Waals surface area contributed by atoms with Crippen LogP contribution in [0.5, 0.6) is 0 Å². The Morgan fingerprint density at radius 1 is 0.592 bits per heavy atom. The molecule has 4 atom stereocenters. The summed E-state index contributed by atoms with van der Waals surface area (Å²) in [5, 5.41) is 8.08. The molecule has 4 aliphatic heterocycles. The quantitative estimate of drug-likeness (QED) is 0.0302. The first-order valence-corrected chi connectivity index (χ1v) is 31.0. The Morgan fingerprint density at radius 2 is 0.949 bits per heavy atom. The molecule has 523 valence electrons. The van der Waals surface area contributed by atoms with Crippen molar-refractivity contribution in [3.8, 4) is 23.7 Å². The molecule has 25 nitrogen and oxygen atoms in total. The number of halogens is 1. The Kier molecular flexibility index (Phi) is 39.8. The Bertz CT molecular complexity index is 3340. The maximum atomic E-state index is 13.4. The fourth-order valence-corrected chi connectivity index (χ4v) is 9.14. The molecule has 0 spiro atoms. The van der Waals surface area contributed by atoms with Gasteiger partial charge in [-0.25, -0.2) is 19.4 Å². The number of carbonyl (C=O) groups excluding carboxylic acids is 10. The summed E-state index contributed by atoms with van der Waals surface area (Å²) >= 11 is 0.